The average molecular weight is 504 g/mol. The van der Waals surface area contributed by atoms with Gasteiger partial charge in [-0.25, -0.2) is 0 Å². The van der Waals surface area contributed by atoms with Gasteiger partial charge in [-0.3, -0.25) is 9.78 Å². The van der Waals surface area contributed by atoms with Crippen molar-refractivity contribution in [1.29, 1.82) is 0 Å². The van der Waals surface area contributed by atoms with Gasteiger partial charge in [0.2, 0.25) is 0 Å². The molecule has 3 aromatic rings. The van der Waals surface area contributed by atoms with E-state index in [1.165, 1.54) is 12.1 Å². The number of nitrogens with zero attached hydrogens (tertiary/aromatic N) is 1. The molecule has 2 N–H and O–H groups in total. The van der Waals surface area contributed by atoms with Crippen LogP contribution in [0.2, 0.25) is 0 Å². The van der Waals surface area contributed by atoms with Crippen molar-refractivity contribution < 1.29 is 42.3 Å². The van der Waals surface area contributed by atoms with Crippen LogP contribution in [0.1, 0.15) is 33.9 Å². The lowest BCUT2D eigenvalue weighted by molar-refractivity contribution is -0.286. The van der Waals surface area contributed by atoms with Gasteiger partial charge in [0.25, 0.3) is 0 Å². The van der Waals surface area contributed by atoms with Crippen molar-refractivity contribution in [3.8, 4) is 28.5 Å². The number of halogens is 2. The molecule has 0 unspecified atom stereocenters. The summed E-state index contributed by atoms with van der Waals surface area (Å²) in [5.74, 6) is 0.414. The minimum absolute atomic E-state index is 0. The lowest BCUT2D eigenvalue weighted by Crippen LogP contribution is -2.26. The standard InChI is InChI=1S/C27H25F2NO6.3H2/c1-16-2-6-19(30-25(16)17-3-7-21(8-4-17)34-15-20(32)14-31)13-24(33)26(10-11-26)18-5-9-22-23(12-18)36-27(28,29)35-22;;;/h2-9,12,20,31-32H,10-11,13-15H2,1H3;3*1H/t20-;;;/m1.../s1. The first-order chi connectivity index (χ1) is 17.2. The predicted octanol–water partition coefficient (Wildman–Crippen LogP) is 4.69. The van der Waals surface area contributed by atoms with Crippen molar-refractivity contribution in [2.24, 2.45) is 0 Å². The van der Waals surface area contributed by atoms with E-state index in [-0.39, 0.29) is 41.2 Å². The Morgan fingerprint density at radius 3 is 2.53 bits per heavy atom. The Morgan fingerprint density at radius 1 is 1.11 bits per heavy atom. The van der Waals surface area contributed by atoms with Gasteiger partial charge in [-0.05, 0) is 73.4 Å². The van der Waals surface area contributed by atoms with Crippen LogP contribution in [0, 0.1) is 6.92 Å². The Morgan fingerprint density at radius 2 is 1.83 bits per heavy atom. The Bertz CT molecular complexity index is 1310. The lowest BCUT2D eigenvalue weighted by atomic mass is 9.88. The molecule has 0 saturated heterocycles. The van der Waals surface area contributed by atoms with E-state index in [1.54, 1.807) is 18.2 Å². The summed E-state index contributed by atoms with van der Waals surface area (Å²) in [5.41, 5.74) is 3.04. The van der Waals surface area contributed by atoms with E-state index in [4.69, 9.17) is 14.8 Å². The number of ether oxygens (including phenoxy) is 3. The van der Waals surface area contributed by atoms with Crippen molar-refractivity contribution in [3.05, 3.63) is 71.4 Å². The highest BCUT2D eigenvalue weighted by atomic mass is 19.3. The number of hydrogen-bond donors (Lipinski definition) is 2. The van der Waals surface area contributed by atoms with Gasteiger partial charge in [-0.1, -0.05) is 12.1 Å². The van der Waals surface area contributed by atoms with Crippen molar-refractivity contribution in [1.82, 2.24) is 4.98 Å². The van der Waals surface area contributed by atoms with Crippen molar-refractivity contribution >= 4 is 5.78 Å². The Labute approximate surface area is 210 Å². The zero-order valence-electron chi connectivity index (χ0n) is 19.5. The molecule has 1 aliphatic heterocycles. The van der Waals surface area contributed by atoms with Crippen LogP contribution in [0.25, 0.3) is 11.3 Å². The average Bonchev–Trinajstić information content (AvgIpc) is 3.61. The van der Waals surface area contributed by atoms with E-state index in [9.17, 15) is 18.7 Å². The number of carbonyl (C=O) groups excluding carboxylic acids is 1. The van der Waals surface area contributed by atoms with E-state index < -0.39 is 17.8 Å². The third-order valence-corrected chi connectivity index (χ3v) is 6.51. The van der Waals surface area contributed by atoms with Gasteiger partial charge in [0, 0.05) is 22.0 Å². The third kappa shape index (κ3) is 4.76. The second-order valence-corrected chi connectivity index (χ2v) is 9.15. The molecule has 1 aliphatic carbocycles. The summed E-state index contributed by atoms with van der Waals surface area (Å²) in [5, 5.41) is 18.3. The first-order valence-electron chi connectivity index (χ1n) is 11.6. The highest BCUT2D eigenvalue weighted by Crippen LogP contribution is 2.52. The molecule has 194 valence electrons. The number of ketones is 1. The number of aromatic nitrogens is 1. The SMILES string of the molecule is Cc1ccc(CC(=O)C2(c3ccc4c(c3)OC(F)(F)O4)CC2)nc1-c1ccc(OC[C@H](O)CO)cc1.[HH].[HH].[HH]. The fraction of sp³-hybridized carbons (Fsp3) is 0.333. The van der Waals surface area contributed by atoms with Gasteiger partial charge in [0.15, 0.2) is 11.5 Å². The molecular formula is C27H31F2NO6. The van der Waals surface area contributed by atoms with Crippen LogP contribution in [-0.4, -0.2) is 46.6 Å². The number of pyridine rings is 1. The number of Topliss-reactive ketones (excluding diaryl/α,β-unsaturated/α-hetero) is 1. The molecule has 7 nitrogen and oxygen atoms in total. The first-order valence-corrected chi connectivity index (χ1v) is 11.6. The van der Waals surface area contributed by atoms with Gasteiger partial charge < -0.3 is 24.4 Å². The van der Waals surface area contributed by atoms with Crippen LogP contribution in [0.4, 0.5) is 8.78 Å². The monoisotopic (exact) mass is 503 g/mol. The van der Waals surface area contributed by atoms with E-state index in [0.29, 0.717) is 29.8 Å². The Balaban J connectivity index is 0.00000178. The topological polar surface area (TPSA) is 98.1 Å². The highest BCUT2D eigenvalue weighted by molar-refractivity contribution is 5.94. The summed E-state index contributed by atoms with van der Waals surface area (Å²) < 4.78 is 41.3. The number of benzene rings is 2. The molecule has 2 aliphatic rings. The molecule has 1 saturated carbocycles. The number of carbonyl (C=O) groups is 1. The van der Waals surface area contributed by atoms with Gasteiger partial charge in [-0.15, -0.1) is 8.78 Å². The normalized spacial score (nSPS) is 17.5. The first kappa shape index (κ1) is 24.1. The third-order valence-electron chi connectivity index (χ3n) is 6.51. The number of fused-ring (bicyclic) bond motifs is 1. The zero-order chi connectivity index (χ0) is 25.5. The molecule has 0 spiro atoms. The Kier molecular flexibility index (Phi) is 6.13. The fourth-order valence-electron chi connectivity index (χ4n) is 4.35. The summed E-state index contributed by atoms with van der Waals surface area (Å²) in [6.07, 6.45) is -3.27. The molecular weight excluding hydrogens is 472 g/mol. The second kappa shape index (κ2) is 9.15. The summed E-state index contributed by atoms with van der Waals surface area (Å²) >= 11 is 0. The minimum atomic E-state index is -3.70. The molecule has 5 rings (SSSR count). The smallest absolute Gasteiger partial charge is 0.491 e. The summed E-state index contributed by atoms with van der Waals surface area (Å²) in [4.78, 5) is 18.1. The lowest BCUT2D eigenvalue weighted by Gasteiger charge is -2.16. The quantitative estimate of drug-likeness (QED) is 0.437. The molecule has 9 heteroatoms. The van der Waals surface area contributed by atoms with E-state index >= 15 is 0 Å². The van der Waals surface area contributed by atoms with Crippen molar-refractivity contribution in [2.45, 2.75) is 44.0 Å². The van der Waals surface area contributed by atoms with Crippen LogP contribution >= 0.6 is 0 Å². The fourth-order valence-corrected chi connectivity index (χ4v) is 4.35. The molecule has 0 amide bonds. The summed E-state index contributed by atoms with van der Waals surface area (Å²) in [7, 11) is 0. The maximum atomic E-state index is 13.4. The summed E-state index contributed by atoms with van der Waals surface area (Å²) in [6, 6.07) is 15.4. The number of aliphatic hydroxyl groups is 2. The molecule has 2 heterocycles. The van der Waals surface area contributed by atoms with E-state index in [2.05, 4.69) is 9.47 Å². The van der Waals surface area contributed by atoms with Crippen molar-refractivity contribution in [3.63, 3.8) is 0 Å². The number of aryl methyl sites for hydroxylation is 1. The predicted molar refractivity (Wildman–Crippen MR) is 132 cm³/mol. The maximum Gasteiger partial charge on any atom is 0.586 e. The molecule has 0 radical (unpaired) electrons. The largest absolute Gasteiger partial charge is 0.586 e. The molecule has 36 heavy (non-hydrogen) atoms. The Hall–Kier alpha value is -3.56. The van der Waals surface area contributed by atoms with Crippen LogP contribution in [0.3, 0.4) is 0 Å². The number of aliphatic hydroxyl groups excluding tert-OH is 2. The van der Waals surface area contributed by atoms with Crippen LogP contribution in [-0.2, 0) is 16.6 Å². The van der Waals surface area contributed by atoms with Crippen molar-refractivity contribution in [2.75, 3.05) is 13.2 Å². The molecule has 2 aromatic carbocycles. The van der Waals surface area contributed by atoms with E-state index in [0.717, 1.165) is 16.8 Å². The molecule has 1 aromatic heterocycles. The van der Waals surface area contributed by atoms with Gasteiger partial charge >= 0.3 is 6.29 Å². The highest BCUT2D eigenvalue weighted by Gasteiger charge is 2.52. The number of rotatable bonds is 9. The van der Waals surface area contributed by atoms with Gasteiger partial charge in [0.05, 0.1) is 17.7 Å². The van der Waals surface area contributed by atoms with Crippen LogP contribution in [0.15, 0.2) is 54.6 Å². The van der Waals surface area contributed by atoms with Gasteiger partial charge in [0.1, 0.15) is 24.2 Å². The maximum absolute atomic E-state index is 13.4. The minimum Gasteiger partial charge on any atom is -0.491 e. The second-order valence-electron chi connectivity index (χ2n) is 9.15. The van der Waals surface area contributed by atoms with Crippen LogP contribution in [0.5, 0.6) is 17.2 Å². The zero-order valence-corrected chi connectivity index (χ0v) is 19.5. The molecule has 0 bridgehead atoms. The number of alkyl halides is 2. The molecule has 1 atom stereocenters. The summed E-state index contributed by atoms with van der Waals surface area (Å²) in [6.45, 7) is 1.54. The van der Waals surface area contributed by atoms with Crippen LogP contribution < -0.4 is 14.2 Å². The van der Waals surface area contributed by atoms with E-state index in [1.807, 2.05) is 31.2 Å². The van der Waals surface area contributed by atoms with Gasteiger partial charge in [-0.2, -0.15) is 0 Å². The number of hydrogen-bond acceptors (Lipinski definition) is 7. The molecule has 1 fully saturated rings.